The van der Waals surface area contributed by atoms with E-state index >= 15 is 0 Å². The Morgan fingerprint density at radius 2 is 1.94 bits per heavy atom. The van der Waals surface area contributed by atoms with Gasteiger partial charge in [-0.2, -0.15) is 0 Å². The quantitative estimate of drug-likeness (QED) is 0.662. The van der Waals surface area contributed by atoms with E-state index in [-0.39, 0.29) is 11.3 Å². The highest BCUT2D eigenvalue weighted by Crippen LogP contribution is 2.44. The van der Waals surface area contributed by atoms with Gasteiger partial charge in [0.25, 0.3) is 0 Å². The van der Waals surface area contributed by atoms with Gasteiger partial charge in [-0.25, -0.2) is 0 Å². The largest absolute Gasteiger partial charge is 0.325 e. The third kappa shape index (κ3) is 1.57. The third-order valence-electron chi connectivity index (χ3n) is 4.08. The van der Waals surface area contributed by atoms with E-state index in [9.17, 15) is 4.79 Å². The van der Waals surface area contributed by atoms with Crippen LogP contribution in [0.25, 0.3) is 0 Å². The topological polar surface area (TPSA) is 41.1 Å². The summed E-state index contributed by atoms with van der Waals surface area (Å²) in [6.07, 6.45) is 10.4. The average Bonchev–Trinajstić information content (AvgIpc) is 2.49. The van der Waals surface area contributed by atoms with Crippen molar-refractivity contribution < 1.29 is 4.79 Å². The fraction of sp³-hybridized carbons (Fsp3) is 0.500. The highest BCUT2D eigenvalue weighted by Gasteiger charge is 2.47. The van der Waals surface area contributed by atoms with Crippen LogP contribution >= 0.6 is 0 Å². The predicted molar refractivity (Wildman–Crippen MR) is 67.1 cm³/mol. The molecule has 1 aliphatic carbocycles. The van der Waals surface area contributed by atoms with E-state index < -0.39 is 0 Å². The van der Waals surface area contributed by atoms with Crippen LogP contribution in [-0.4, -0.2) is 19.0 Å². The van der Waals surface area contributed by atoms with Crippen molar-refractivity contribution in [2.75, 3.05) is 13.1 Å². The highest BCUT2D eigenvalue weighted by atomic mass is 16.2. The predicted octanol–water partition coefficient (Wildman–Crippen LogP) is 1.50. The minimum Gasteiger partial charge on any atom is -0.325 e. The van der Waals surface area contributed by atoms with Crippen molar-refractivity contribution in [1.29, 1.82) is 0 Å². The van der Waals surface area contributed by atoms with Gasteiger partial charge in [0.05, 0.1) is 5.41 Å². The van der Waals surface area contributed by atoms with Crippen molar-refractivity contribution in [2.45, 2.75) is 19.8 Å². The van der Waals surface area contributed by atoms with E-state index in [0.29, 0.717) is 5.92 Å². The summed E-state index contributed by atoms with van der Waals surface area (Å²) in [4.78, 5) is 12.3. The van der Waals surface area contributed by atoms with Gasteiger partial charge in [0.2, 0.25) is 5.91 Å². The number of rotatable bonds is 0. The number of carbonyl (C=O) groups excluding carboxylic acids is 1. The molecule has 1 amide bonds. The van der Waals surface area contributed by atoms with Gasteiger partial charge in [-0.05, 0) is 43.5 Å². The van der Waals surface area contributed by atoms with Crippen molar-refractivity contribution in [3.05, 3.63) is 35.6 Å². The molecule has 3 heteroatoms. The van der Waals surface area contributed by atoms with E-state index in [1.165, 1.54) is 5.57 Å². The molecule has 17 heavy (non-hydrogen) atoms. The number of nitrogens with one attached hydrogen (secondary N) is 2. The van der Waals surface area contributed by atoms with Gasteiger partial charge in [-0.1, -0.05) is 25.2 Å². The number of carbonyl (C=O) groups is 1. The molecule has 3 aliphatic rings. The number of fused-ring (bicyclic) bond motifs is 1. The third-order valence-corrected chi connectivity index (χ3v) is 4.08. The molecule has 0 aromatic rings. The average molecular weight is 230 g/mol. The van der Waals surface area contributed by atoms with Crippen LogP contribution < -0.4 is 10.6 Å². The molecule has 90 valence electrons. The molecule has 1 atom stereocenters. The zero-order chi connectivity index (χ0) is 11.9. The maximum Gasteiger partial charge on any atom is 0.235 e. The van der Waals surface area contributed by atoms with Crippen molar-refractivity contribution in [3.8, 4) is 0 Å². The van der Waals surface area contributed by atoms with Gasteiger partial charge in [0, 0.05) is 5.70 Å². The molecule has 0 aromatic carbocycles. The van der Waals surface area contributed by atoms with Crippen LogP contribution in [-0.2, 0) is 4.79 Å². The first-order valence-electron chi connectivity index (χ1n) is 6.36. The molecule has 1 unspecified atom stereocenters. The fourth-order valence-corrected chi connectivity index (χ4v) is 2.98. The summed E-state index contributed by atoms with van der Waals surface area (Å²) in [6.45, 7) is 4.01. The zero-order valence-electron chi connectivity index (χ0n) is 10.1. The molecule has 0 saturated carbocycles. The van der Waals surface area contributed by atoms with E-state index in [1.807, 2.05) is 0 Å². The SMILES string of the molecule is CC1C=CC2=C(C=C1)C1(CCNCC1)C(=O)N2. The molecule has 0 radical (unpaired) electrons. The maximum absolute atomic E-state index is 12.3. The molecule has 2 N–H and O–H groups in total. The van der Waals surface area contributed by atoms with Crippen LogP contribution in [0.4, 0.5) is 0 Å². The van der Waals surface area contributed by atoms with Crippen LogP contribution in [0.15, 0.2) is 35.6 Å². The molecule has 3 rings (SSSR count). The lowest BCUT2D eigenvalue weighted by Crippen LogP contribution is -2.43. The Morgan fingerprint density at radius 3 is 2.71 bits per heavy atom. The lowest BCUT2D eigenvalue weighted by atomic mass is 9.73. The smallest absolute Gasteiger partial charge is 0.235 e. The Kier molecular flexibility index (Phi) is 2.44. The lowest BCUT2D eigenvalue weighted by Gasteiger charge is -2.33. The van der Waals surface area contributed by atoms with E-state index in [2.05, 4.69) is 41.9 Å². The lowest BCUT2D eigenvalue weighted by molar-refractivity contribution is -0.127. The Balaban J connectivity index is 2.04. The maximum atomic E-state index is 12.3. The van der Waals surface area contributed by atoms with Crippen LogP contribution in [0.1, 0.15) is 19.8 Å². The molecular weight excluding hydrogens is 212 g/mol. The number of amides is 1. The number of hydrogen-bond acceptors (Lipinski definition) is 2. The van der Waals surface area contributed by atoms with Gasteiger partial charge < -0.3 is 10.6 Å². The fourth-order valence-electron chi connectivity index (χ4n) is 2.98. The van der Waals surface area contributed by atoms with E-state index in [0.717, 1.165) is 31.6 Å². The molecule has 1 saturated heterocycles. The molecule has 0 aromatic heterocycles. The Bertz CT molecular complexity index is 439. The summed E-state index contributed by atoms with van der Waals surface area (Å²) in [5.41, 5.74) is 1.94. The summed E-state index contributed by atoms with van der Waals surface area (Å²) in [5.74, 6) is 0.629. The second kappa shape index (κ2) is 3.84. The number of hydrogen-bond donors (Lipinski definition) is 2. The monoisotopic (exact) mass is 230 g/mol. The minimum absolute atomic E-state index is 0.188. The summed E-state index contributed by atoms with van der Waals surface area (Å²) in [6, 6.07) is 0. The van der Waals surface area contributed by atoms with Crippen molar-refractivity contribution in [2.24, 2.45) is 11.3 Å². The van der Waals surface area contributed by atoms with Crippen LogP contribution in [0.2, 0.25) is 0 Å². The number of piperidine rings is 1. The van der Waals surface area contributed by atoms with Crippen LogP contribution in [0, 0.1) is 11.3 Å². The van der Waals surface area contributed by atoms with Gasteiger partial charge in [0.15, 0.2) is 0 Å². The Morgan fingerprint density at radius 1 is 1.24 bits per heavy atom. The van der Waals surface area contributed by atoms with Crippen LogP contribution in [0.5, 0.6) is 0 Å². The standard InChI is InChI=1S/C14H18N2O/c1-10-2-4-11-12(5-3-10)16-13(17)14(11)6-8-15-9-7-14/h2-5,10,15H,6-9H2,1H3,(H,16,17). The molecule has 2 heterocycles. The second-order valence-corrected chi connectivity index (χ2v) is 5.19. The van der Waals surface area contributed by atoms with Gasteiger partial charge >= 0.3 is 0 Å². The summed E-state index contributed by atoms with van der Waals surface area (Å²) in [5, 5.41) is 6.38. The molecule has 1 spiro atoms. The normalized spacial score (nSPS) is 30.4. The first-order valence-corrected chi connectivity index (χ1v) is 6.36. The van der Waals surface area contributed by atoms with E-state index in [1.54, 1.807) is 0 Å². The summed E-state index contributed by atoms with van der Waals surface area (Å²) >= 11 is 0. The Hall–Kier alpha value is -1.35. The zero-order valence-corrected chi connectivity index (χ0v) is 10.1. The molecule has 0 bridgehead atoms. The van der Waals surface area contributed by atoms with E-state index in [4.69, 9.17) is 0 Å². The first kappa shape index (κ1) is 10.8. The molecular formula is C14H18N2O. The molecule has 2 aliphatic heterocycles. The van der Waals surface area contributed by atoms with Gasteiger partial charge in [-0.15, -0.1) is 0 Å². The number of allylic oxidation sites excluding steroid dienone is 4. The molecule has 3 nitrogen and oxygen atoms in total. The summed E-state index contributed by atoms with van der Waals surface area (Å²) < 4.78 is 0. The Labute approximate surface area is 102 Å². The van der Waals surface area contributed by atoms with Crippen molar-refractivity contribution in [1.82, 2.24) is 10.6 Å². The van der Waals surface area contributed by atoms with Gasteiger partial charge in [-0.3, -0.25) is 4.79 Å². The van der Waals surface area contributed by atoms with Crippen molar-refractivity contribution >= 4 is 5.91 Å². The minimum atomic E-state index is -0.272. The highest BCUT2D eigenvalue weighted by molar-refractivity contribution is 5.93. The second-order valence-electron chi connectivity index (χ2n) is 5.19. The first-order chi connectivity index (χ1) is 8.22. The van der Waals surface area contributed by atoms with Crippen LogP contribution in [0.3, 0.4) is 0 Å². The molecule has 1 fully saturated rings. The summed E-state index contributed by atoms with van der Waals surface area (Å²) in [7, 11) is 0. The van der Waals surface area contributed by atoms with Gasteiger partial charge in [0.1, 0.15) is 0 Å². The van der Waals surface area contributed by atoms with Crippen molar-refractivity contribution in [3.63, 3.8) is 0 Å².